The van der Waals surface area contributed by atoms with Crippen molar-refractivity contribution in [1.29, 1.82) is 0 Å². The van der Waals surface area contributed by atoms with Gasteiger partial charge in [0.15, 0.2) is 0 Å². The fourth-order valence-corrected chi connectivity index (χ4v) is 2.27. The molecule has 3 heteroatoms. The SMILES string of the molecule is [2H]C1([2H])CC(N2CCCC2=O)CC([2H])([2H])N1C(C)(C)C. The van der Waals surface area contributed by atoms with Crippen molar-refractivity contribution in [2.24, 2.45) is 0 Å². The number of hydrogen-bond acceptors (Lipinski definition) is 2. The quantitative estimate of drug-likeness (QED) is 0.684. The van der Waals surface area contributed by atoms with Crippen molar-refractivity contribution < 1.29 is 10.3 Å². The van der Waals surface area contributed by atoms with E-state index in [2.05, 4.69) is 0 Å². The Morgan fingerprint density at radius 2 is 1.94 bits per heavy atom. The molecule has 0 radical (unpaired) electrons. The lowest BCUT2D eigenvalue weighted by molar-refractivity contribution is -0.130. The number of hydrogen-bond donors (Lipinski definition) is 0. The number of nitrogens with zero attached hydrogens (tertiary/aromatic N) is 2. The van der Waals surface area contributed by atoms with Crippen LogP contribution in [0.25, 0.3) is 0 Å². The van der Waals surface area contributed by atoms with E-state index in [1.165, 1.54) is 4.90 Å². The van der Waals surface area contributed by atoms with Gasteiger partial charge in [-0.25, -0.2) is 0 Å². The average Bonchev–Trinajstić information content (AvgIpc) is 2.57. The highest BCUT2D eigenvalue weighted by molar-refractivity contribution is 5.78. The summed E-state index contributed by atoms with van der Waals surface area (Å²) in [6.45, 7) is 2.59. The third-order valence-corrected chi connectivity index (χ3v) is 3.19. The summed E-state index contributed by atoms with van der Waals surface area (Å²) < 4.78 is 33.1. The van der Waals surface area contributed by atoms with Crippen LogP contribution >= 0.6 is 0 Å². The Kier molecular flexibility index (Phi) is 2.10. The predicted octanol–water partition coefficient (Wildman–Crippen LogP) is 1.87. The Hall–Kier alpha value is -0.570. The molecule has 0 aromatic heterocycles. The molecule has 0 unspecified atom stereocenters. The second kappa shape index (κ2) is 4.36. The van der Waals surface area contributed by atoms with Gasteiger partial charge in [0.1, 0.15) is 0 Å². The number of likely N-dealkylation sites (tertiary alicyclic amines) is 2. The van der Waals surface area contributed by atoms with Crippen LogP contribution < -0.4 is 0 Å². The highest BCUT2D eigenvalue weighted by atomic mass is 16.2. The minimum absolute atomic E-state index is 0.0332. The predicted molar refractivity (Wildman–Crippen MR) is 65.3 cm³/mol. The molecule has 92 valence electrons. The fourth-order valence-electron chi connectivity index (χ4n) is 2.27. The van der Waals surface area contributed by atoms with Gasteiger partial charge in [-0.05, 0) is 40.0 Å². The Morgan fingerprint density at radius 3 is 2.38 bits per heavy atom. The average molecular weight is 228 g/mol. The summed E-state index contributed by atoms with van der Waals surface area (Å²) in [5, 5.41) is 0. The third kappa shape index (κ3) is 2.40. The van der Waals surface area contributed by atoms with Crippen molar-refractivity contribution >= 4 is 5.91 Å². The summed E-state index contributed by atoms with van der Waals surface area (Å²) in [4.78, 5) is 14.8. The van der Waals surface area contributed by atoms with E-state index in [0.29, 0.717) is 13.0 Å². The lowest BCUT2D eigenvalue weighted by Gasteiger charge is -2.43. The zero-order valence-electron chi connectivity index (χ0n) is 14.4. The van der Waals surface area contributed by atoms with E-state index in [9.17, 15) is 4.79 Å². The van der Waals surface area contributed by atoms with Gasteiger partial charge in [0.05, 0.1) is 0 Å². The lowest BCUT2D eigenvalue weighted by atomic mass is 9.97. The van der Waals surface area contributed by atoms with E-state index in [4.69, 9.17) is 5.48 Å². The molecule has 2 fully saturated rings. The van der Waals surface area contributed by atoms with Crippen LogP contribution in [-0.2, 0) is 4.79 Å². The monoisotopic (exact) mass is 228 g/mol. The van der Waals surface area contributed by atoms with Crippen LogP contribution in [0.2, 0.25) is 0 Å². The summed E-state index contributed by atoms with van der Waals surface area (Å²) in [6, 6.07) is -0.339. The normalized spacial score (nSPS) is 35.4. The molecule has 3 nitrogen and oxygen atoms in total. The van der Waals surface area contributed by atoms with Crippen molar-refractivity contribution in [2.45, 2.75) is 58.0 Å². The van der Waals surface area contributed by atoms with Gasteiger partial charge in [-0.15, -0.1) is 0 Å². The Labute approximate surface area is 104 Å². The summed E-state index contributed by atoms with van der Waals surface area (Å²) >= 11 is 0. The van der Waals surface area contributed by atoms with Crippen LogP contribution in [0.3, 0.4) is 0 Å². The number of rotatable bonds is 1. The number of amides is 1. The van der Waals surface area contributed by atoms with Gasteiger partial charge in [-0.1, -0.05) is 0 Å². The second-order valence-electron chi connectivity index (χ2n) is 5.58. The first-order valence-corrected chi connectivity index (χ1v) is 6.05. The van der Waals surface area contributed by atoms with Gasteiger partial charge in [-0.2, -0.15) is 0 Å². The van der Waals surface area contributed by atoms with Crippen molar-refractivity contribution in [3.8, 4) is 0 Å². The van der Waals surface area contributed by atoms with E-state index in [1.54, 1.807) is 4.90 Å². The molecule has 0 N–H and O–H groups in total. The highest BCUT2D eigenvalue weighted by Crippen LogP contribution is 2.25. The molecule has 1 amide bonds. The van der Waals surface area contributed by atoms with Gasteiger partial charge in [0.25, 0.3) is 0 Å². The van der Waals surface area contributed by atoms with Crippen molar-refractivity contribution in [3.63, 3.8) is 0 Å². The molecule has 0 bridgehead atoms. The maximum atomic E-state index is 11.8. The molecule has 16 heavy (non-hydrogen) atoms. The lowest BCUT2D eigenvalue weighted by Crippen LogP contribution is -2.51. The standard InChI is InChI=1S/C13H24N2O/c1-13(2,3)14-9-6-11(7-10-14)15-8-4-5-12(15)16/h11H,4-10H2,1-3H3/i9D2,10D2. The van der Waals surface area contributed by atoms with Crippen LogP contribution in [0.5, 0.6) is 0 Å². The molecule has 0 spiro atoms. The molecule has 2 heterocycles. The number of carbonyl (C=O) groups is 1. The minimum Gasteiger partial charge on any atom is -0.340 e. The molecule has 2 aliphatic heterocycles. The van der Waals surface area contributed by atoms with Crippen LogP contribution in [0.15, 0.2) is 0 Å². The van der Waals surface area contributed by atoms with Crippen LogP contribution in [0.1, 0.15) is 51.9 Å². The molecule has 2 aliphatic rings. The highest BCUT2D eigenvalue weighted by Gasteiger charge is 2.33. The van der Waals surface area contributed by atoms with E-state index < -0.39 is 18.5 Å². The second-order valence-corrected chi connectivity index (χ2v) is 5.58. The summed E-state index contributed by atoms with van der Waals surface area (Å²) in [7, 11) is 0. The van der Waals surface area contributed by atoms with Crippen molar-refractivity contribution in [2.75, 3.05) is 19.5 Å². The Balaban J connectivity index is 2.28. The molecule has 2 saturated heterocycles. The van der Waals surface area contributed by atoms with Crippen LogP contribution in [0.4, 0.5) is 0 Å². The Bertz CT molecular complexity index is 388. The molecular formula is C13H24N2O. The molecule has 0 aromatic rings. The zero-order chi connectivity index (χ0) is 15.3. The maximum Gasteiger partial charge on any atom is 0.222 e. The van der Waals surface area contributed by atoms with Gasteiger partial charge in [0.2, 0.25) is 5.91 Å². The van der Waals surface area contributed by atoms with Gasteiger partial charge in [-0.3, -0.25) is 9.69 Å². The first-order valence-electron chi connectivity index (χ1n) is 8.05. The van der Waals surface area contributed by atoms with Gasteiger partial charge >= 0.3 is 0 Å². The molecule has 0 atom stereocenters. The maximum absolute atomic E-state index is 11.8. The zero-order valence-corrected chi connectivity index (χ0v) is 10.4. The largest absolute Gasteiger partial charge is 0.340 e. The van der Waals surface area contributed by atoms with E-state index in [0.717, 1.165) is 6.42 Å². The first-order chi connectivity index (χ1) is 8.95. The molecule has 2 rings (SSSR count). The Morgan fingerprint density at radius 1 is 1.31 bits per heavy atom. The van der Waals surface area contributed by atoms with Gasteiger partial charge in [0, 0.05) is 43.0 Å². The number of piperidine rings is 1. The van der Waals surface area contributed by atoms with Crippen molar-refractivity contribution in [3.05, 3.63) is 0 Å². The molecular weight excluding hydrogens is 200 g/mol. The molecule has 0 aliphatic carbocycles. The fraction of sp³-hybridized carbons (Fsp3) is 0.923. The van der Waals surface area contributed by atoms with Crippen LogP contribution in [-0.4, -0.2) is 46.8 Å². The minimum atomic E-state index is -1.76. The van der Waals surface area contributed by atoms with Gasteiger partial charge < -0.3 is 4.90 Å². The number of carbonyl (C=O) groups excluding carboxylic acids is 1. The van der Waals surface area contributed by atoms with E-state index >= 15 is 0 Å². The molecule has 0 saturated carbocycles. The van der Waals surface area contributed by atoms with E-state index in [-0.39, 0.29) is 24.8 Å². The van der Waals surface area contributed by atoms with Crippen LogP contribution in [0, 0.1) is 0 Å². The first kappa shape index (κ1) is 7.70. The summed E-state index contributed by atoms with van der Waals surface area (Å²) in [5.41, 5.74) is -0.604. The summed E-state index contributed by atoms with van der Waals surface area (Å²) in [5.74, 6) is 0.0332. The molecule has 0 aromatic carbocycles. The summed E-state index contributed by atoms with van der Waals surface area (Å²) in [6.07, 6.45) is 1.65. The smallest absolute Gasteiger partial charge is 0.222 e. The van der Waals surface area contributed by atoms with E-state index in [1.807, 2.05) is 20.8 Å². The topological polar surface area (TPSA) is 23.6 Å². The third-order valence-electron chi connectivity index (χ3n) is 3.19. The van der Waals surface area contributed by atoms with Crippen molar-refractivity contribution in [1.82, 2.24) is 9.80 Å².